The molecule has 1 aliphatic carbocycles. The number of carbonyl (C=O) groups is 1. The molecule has 7 heteroatoms. The highest BCUT2D eigenvalue weighted by atomic mass is 16.3. The van der Waals surface area contributed by atoms with Gasteiger partial charge in [-0.2, -0.15) is 0 Å². The molecule has 1 aliphatic rings. The van der Waals surface area contributed by atoms with Gasteiger partial charge in [0.15, 0.2) is 5.82 Å². The molecule has 0 aromatic carbocycles. The van der Waals surface area contributed by atoms with Crippen LogP contribution in [0.15, 0.2) is 29.3 Å². The van der Waals surface area contributed by atoms with Crippen molar-refractivity contribution in [2.24, 2.45) is 7.05 Å². The lowest BCUT2D eigenvalue weighted by Crippen LogP contribution is -2.47. The molecule has 24 heavy (non-hydrogen) atoms. The van der Waals surface area contributed by atoms with E-state index in [1.165, 1.54) is 19.3 Å². The summed E-state index contributed by atoms with van der Waals surface area (Å²) in [6.07, 6.45) is 10.7. The van der Waals surface area contributed by atoms with Gasteiger partial charge in [-0.15, -0.1) is 10.2 Å². The number of aryl methyl sites for hydroxylation is 1. The van der Waals surface area contributed by atoms with Crippen LogP contribution in [0, 0.1) is 0 Å². The number of amides is 2. The Balaban J connectivity index is 1.71. The van der Waals surface area contributed by atoms with E-state index in [0.29, 0.717) is 6.54 Å². The van der Waals surface area contributed by atoms with Crippen LogP contribution in [-0.2, 0) is 13.6 Å². The van der Waals surface area contributed by atoms with Gasteiger partial charge in [-0.3, -0.25) is 0 Å². The Bertz CT molecular complexity index is 646. The molecule has 0 unspecified atom stereocenters. The first-order valence-electron chi connectivity index (χ1n) is 8.57. The maximum Gasteiger partial charge on any atom is 0.318 e. The van der Waals surface area contributed by atoms with Crippen molar-refractivity contribution >= 4 is 6.03 Å². The standard InChI is InChI=1S/C17H25N5O2/c1-13(16-20-18-12-21(16)2)19-17(23)22(10-14-8-9-24-11-14)15-6-4-3-5-7-15/h8-9,11-13,15H,3-7,10H2,1-2H3,(H,19,23)/t13-/m0/s1. The number of nitrogens with one attached hydrogen (secondary N) is 1. The fraction of sp³-hybridized carbons (Fsp3) is 0.588. The quantitative estimate of drug-likeness (QED) is 0.914. The zero-order valence-electron chi connectivity index (χ0n) is 14.3. The summed E-state index contributed by atoms with van der Waals surface area (Å²) in [5.74, 6) is 0.746. The number of aromatic nitrogens is 3. The highest BCUT2D eigenvalue weighted by Crippen LogP contribution is 2.25. The molecule has 3 rings (SSSR count). The van der Waals surface area contributed by atoms with E-state index in [1.807, 2.05) is 29.5 Å². The van der Waals surface area contributed by atoms with Gasteiger partial charge in [-0.1, -0.05) is 19.3 Å². The molecular formula is C17H25N5O2. The second-order valence-electron chi connectivity index (χ2n) is 6.52. The molecule has 2 aromatic heterocycles. The van der Waals surface area contributed by atoms with Crippen LogP contribution < -0.4 is 5.32 Å². The van der Waals surface area contributed by atoms with E-state index in [0.717, 1.165) is 24.2 Å². The third-order valence-corrected chi connectivity index (χ3v) is 4.68. The molecule has 1 saturated carbocycles. The molecule has 0 radical (unpaired) electrons. The number of rotatable bonds is 5. The Morgan fingerprint density at radius 2 is 2.25 bits per heavy atom. The van der Waals surface area contributed by atoms with Crippen molar-refractivity contribution < 1.29 is 9.21 Å². The summed E-state index contributed by atoms with van der Waals surface area (Å²) in [4.78, 5) is 14.9. The molecule has 130 valence electrons. The van der Waals surface area contributed by atoms with Crippen molar-refractivity contribution in [1.82, 2.24) is 25.0 Å². The first-order chi connectivity index (χ1) is 11.6. The fourth-order valence-electron chi connectivity index (χ4n) is 3.36. The van der Waals surface area contributed by atoms with Crippen molar-refractivity contribution in [3.63, 3.8) is 0 Å². The number of furan rings is 1. The Hall–Kier alpha value is -2.31. The topological polar surface area (TPSA) is 76.2 Å². The minimum absolute atomic E-state index is 0.0569. The van der Waals surface area contributed by atoms with Crippen LogP contribution in [-0.4, -0.2) is 31.7 Å². The Kier molecular flexibility index (Phi) is 5.17. The van der Waals surface area contributed by atoms with Crippen molar-refractivity contribution in [2.45, 2.75) is 57.7 Å². The summed E-state index contributed by atoms with van der Waals surface area (Å²) in [5, 5.41) is 11.0. The molecule has 0 spiro atoms. The van der Waals surface area contributed by atoms with E-state index in [2.05, 4.69) is 15.5 Å². The van der Waals surface area contributed by atoms with Gasteiger partial charge in [0, 0.05) is 18.7 Å². The third-order valence-electron chi connectivity index (χ3n) is 4.68. The van der Waals surface area contributed by atoms with Crippen LogP contribution in [0.1, 0.15) is 56.5 Å². The van der Waals surface area contributed by atoms with E-state index >= 15 is 0 Å². The van der Waals surface area contributed by atoms with E-state index in [4.69, 9.17) is 4.42 Å². The Labute approximate surface area is 142 Å². The van der Waals surface area contributed by atoms with Gasteiger partial charge in [0.1, 0.15) is 6.33 Å². The van der Waals surface area contributed by atoms with E-state index < -0.39 is 0 Å². The summed E-state index contributed by atoms with van der Waals surface area (Å²) >= 11 is 0. The van der Waals surface area contributed by atoms with Crippen LogP contribution in [0.2, 0.25) is 0 Å². The molecule has 2 heterocycles. The number of carbonyl (C=O) groups excluding carboxylic acids is 1. The van der Waals surface area contributed by atoms with Gasteiger partial charge in [0.2, 0.25) is 0 Å². The van der Waals surface area contributed by atoms with Crippen LogP contribution in [0.25, 0.3) is 0 Å². The lowest BCUT2D eigenvalue weighted by atomic mass is 9.94. The SMILES string of the molecule is C[C@H](NC(=O)N(Cc1ccoc1)C1CCCCC1)c1nncn1C. The second-order valence-corrected chi connectivity index (χ2v) is 6.52. The van der Waals surface area contributed by atoms with E-state index in [9.17, 15) is 4.79 Å². The summed E-state index contributed by atoms with van der Waals surface area (Å²) < 4.78 is 6.98. The number of urea groups is 1. The minimum Gasteiger partial charge on any atom is -0.472 e. The summed E-state index contributed by atoms with van der Waals surface area (Å²) in [5.41, 5.74) is 1.02. The minimum atomic E-state index is -0.194. The molecule has 0 aliphatic heterocycles. The predicted octanol–water partition coefficient (Wildman–Crippen LogP) is 3.01. The molecule has 0 bridgehead atoms. The monoisotopic (exact) mass is 331 g/mol. The molecule has 1 atom stereocenters. The fourth-order valence-corrected chi connectivity index (χ4v) is 3.36. The molecular weight excluding hydrogens is 306 g/mol. The lowest BCUT2D eigenvalue weighted by molar-refractivity contribution is 0.148. The first-order valence-corrected chi connectivity index (χ1v) is 8.57. The van der Waals surface area contributed by atoms with Crippen molar-refractivity contribution in [2.75, 3.05) is 0 Å². The third kappa shape index (κ3) is 3.77. The molecule has 2 aromatic rings. The highest BCUT2D eigenvalue weighted by molar-refractivity contribution is 5.75. The summed E-state index contributed by atoms with van der Waals surface area (Å²) in [7, 11) is 1.88. The number of hydrogen-bond acceptors (Lipinski definition) is 4. The molecule has 1 fully saturated rings. The lowest BCUT2D eigenvalue weighted by Gasteiger charge is -2.35. The van der Waals surface area contributed by atoms with Gasteiger partial charge >= 0.3 is 6.03 Å². The predicted molar refractivity (Wildman–Crippen MR) is 89.1 cm³/mol. The van der Waals surface area contributed by atoms with Crippen molar-refractivity contribution in [1.29, 1.82) is 0 Å². The Morgan fingerprint density at radius 1 is 1.46 bits per heavy atom. The summed E-state index contributed by atoms with van der Waals surface area (Å²) in [6.45, 7) is 2.50. The normalized spacial score (nSPS) is 16.8. The first kappa shape index (κ1) is 16.5. The van der Waals surface area contributed by atoms with E-state index in [1.54, 1.807) is 18.9 Å². The molecule has 2 amide bonds. The van der Waals surface area contributed by atoms with Crippen molar-refractivity contribution in [3.05, 3.63) is 36.3 Å². The van der Waals surface area contributed by atoms with Crippen LogP contribution >= 0.6 is 0 Å². The number of hydrogen-bond donors (Lipinski definition) is 1. The zero-order chi connectivity index (χ0) is 16.9. The zero-order valence-corrected chi connectivity index (χ0v) is 14.3. The van der Waals surface area contributed by atoms with Crippen LogP contribution in [0.4, 0.5) is 4.79 Å². The molecule has 0 saturated heterocycles. The van der Waals surface area contributed by atoms with Crippen LogP contribution in [0.3, 0.4) is 0 Å². The van der Waals surface area contributed by atoms with Crippen LogP contribution in [0.5, 0.6) is 0 Å². The average Bonchev–Trinajstić information content (AvgIpc) is 3.24. The van der Waals surface area contributed by atoms with Gasteiger partial charge in [-0.25, -0.2) is 4.79 Å². The van der Waals surface area contributed by atoms with Gasteiger partial charge in [0.05, 0.1) is 25.1 Å². The molecule has 1 N–H and O–H groups in total. The van der Waals surface area contributed by atoms with Gasteiger partial charge in [0.25, 0.3) is 0 Å². The van der Waals surface area contributed by atoms with E-state index in [-0.39, 0.29) is 18.1 Å². The summed E-state index contributed by atoms with van der Waals surface area (Å²) in [6, 6.07) is 1.94. The average molecular weight is 331 g/mol. The van der Waals surface area contributed by atoms with Crippen molar-refractivity contribution in [3.8, 4) is 0 Å². The highest BCUT2D eigenvalue weighted by Gasteiger charge is 2.27. The second kappa shape index (κ2) is 7.51. The van der Waals surface area contributed by atoms with Gasteiger partial charge < -0.3 is 19.2 Å². The molecule has 7 nitrogen and oxygen atoms in total. The largest absolute Gasteiger partial charge is 0.472 e. The maximum absolute atomic E-state index is 12.9. The van der Waals surface area contributed by atoms with Gasteiger partial charge in [-0.05, 0) is 25.8 Å². The maximum atomic E-state index is 12.9. The Morgan fingerprint density at radius 3 is 2.88 bits per heavy atom. The number of nitrogens with zero attached hydrogens (tertiary/aromatic N) is 4. The smallest absolute Gasteiger partial charge is 0.318 e.